The first-order valence-corrected chi connectivity index (χ1v) is 12.6. The summed E-state index contributed by atoms with van der Waals surface area (Å²) in [4.78, 5) is 26.9. The van der Waals surface area contributed by atoms with E-state index in [-0.39, 0.29) is 24.3 Å². The molecule has 37 heavy (non-hydrogen) atoms. The molecule has 0 spiro atoms. The van der Waals surface area contributed by atoms with Gasteiger partial charge in [-0.1, -0.05) is 66.7 Å². The van der Waals surface area contributed by atoms with Crippen LogP contribution in [0, 0.1) is 0 Å². The number of nitrogens with zero attached hydrogens (tertiary/aromatic N) is 1. The fraction of sp³-hybridized carbons (Fsp3) is 0.133. The molecule has 6 nitrogen and oxygen atoms in total. The summed E-state index contributed by atoms with van der Waals surface area (Å²) < 4.78 is 17.0. The molecule has 0 N–H and O–H groups in total. The largest absolute Gasteiger partial charge is 0.493 e. The molecule has 1 fully saturated rings. The minimum atomic E-state index is -0.324. The zero-order valence-corrected chi connectivity index (χ0v) is 21.1. The van der Waals surface area contributed by atoms with E-state index < -0.39 is 0 Å². The molecule has 1 aliphatic heterocycles. The van der Waals surface area contributed by atoms with Crippen LogP contribution in [0.5, 0.6) is 17.2 Å². The monoisotopic (exact) mass is 511 g/mol. The lowest BCUT2D eigenvalue weighted by molar-refractivity contribution is -0.123. The molecule has 0 radical (unpaired) electrons. The van der Waals surface area contributed by atoms with Crippen LogP contribution in [0.15, 0.2) is 95.9 Å². The number of methoxy groups -OCH3 is 1. The number of hydrogen-bond donors (Lipinski definition) is 0. The average Bonchev–Trinajstić information content (AvgIpc) is 3.20. The van der Waals surface area contributed by atoms with Gasteiger partial charge in [-0.15, -0.1) is 0 Å². The lowest BCUT2D eigenvalue weighted by Gasteiger charge is -2.14. The van der Waals surface area contributed by atoms with Gasteiger partial charge in [0.2, 0.25) is 0 Å². The van der Waals surface area contributed by atoms with E-state index in [4.69, 9.17) is 14.2 Å². The van der Waals surface area contributed by atoms with E-state index >= 15 is 0 Å². The summed E-state index contributed by atoms with van der Waals surface area (Å²) in [7, 11) is 1.56. The van der Waals surface area contributed by atoms with Gasteiger partial charge in [-0.2, -0.15) is 0 Å². The average molecular weight is 512 g/mol. The molecule has 0 atom stereocenters. The zero-order chi connectivity index (χ0) is 25.6. The van der Waals surface area contributed by atoms with Gasteiger partial charge in [0.25, 0.3) is 11.1 Å². The van der Waals surface area contributed by atoms with Crippen molar-refractivity contribution >= 4 is 39.8 Å². The van der Waals surface area contributed by atoms with Crippen LogP contribution in [0.25, 0.3) is 16.8 Å². The molecule has 1 heterocycles. The van der Waals surface area contributed by atoms with E-state index in [2.05, 4.69) is 24.3 Å². The van der Waals surface area contributed by atoms with Gasteiger partial charge in [-0.3, -0.25) is 14.5 Å². The number of imide groups is 1. The summed E-state index contributed by atoms with van der Waals surface area (Å²) in [5, 5.41) is 2.04. The molecule has 0 aliphatic carbocycles. The molecule has 0 aromatic heterocycles. The Kier molecular flexibility index (Phi) is 7.42. The summed E-state index contributed by atoms with van der Waals surface area (Å²) >= 11 is 0.930. The van der Waals surface area contributed by atoms with Crippen LogP contribution in [-0.2, 0) is 11.4 Å². The Bertz CT molecular complexity index is 1460. The molecular formula is C30H25NO5S. The van der Waals surface area contributed by atoms with Crippen LogP contribution in [0.3, 0.4) is 0 Å². The highest BCUT2D eigenvalue weighted by Crippen LogP contribution is 2.33. The Hall–Kier alpha value is -4.23. The molecule has 0 saturated carbocycles. The van der Waals surface area contributed by atoms with Gasteiger partial charge in [0.1, 0.15) is 19.0 Å². The number of carbonyl (C=O) groups is 2. The van der Waals surface area contributed by atoms with E-state index in [1.54, 1.807) is 25.3 Å². The first-order chi connectivity index (χ1) is 18.1. The van der Waals surface area contributed by atoms with E-state index in [9.17, 15) is 9.59 Å². The predicted molar refractivity (Wildman–Crippen MR) is 146 cm³/mol. The van der Waals surface area contributed by atoms with E-state index in [1.807, 2.05) is 54.6 Å². The number of thioether (sulfide) groups is 1. The van der Waals surface area contributed by atoms with E-state index in [0.29, 0.717) is 23.0 Å². The third-order valence-electron chi connectivity index (χ3n) is 5.97. The normalized spacial score (nSPS) is 14.4. The van der Waals surface area contributed by atoms with Crippen LogP contribution >= 0.6 is 11.8 Å². The molecule has 4 aromatic rings. The number of hydrogen-bond acceptors (Lipinski definition) is 6. The number of fused-ring (bicyclic) bond motifs is 1. The third kappa shape index (κ3) is 5.62. The molecule has 0 unspecified atom stereocenters. The number of para-hydroxylation sites is 2. The van der Waals surface area contributed by atoms with Gasteiger partial charge in [0.15, 0.2) is 11.5 Å². The minimum Gasteiger partial charge on any atom is -0.493 e. The van der Waals surface area contributed by atoms with Crippen molar-refractivity contribution in [1.29, 1.82) is 0 Å². The van der Waals surface area contributed by atoms with E-state index in [0.717, 1.165) is 28.6 Å². The SMILES string of the molecule is COc1ccccc1OCCN1C(=O)S/C(=C\c2ccc(OCc3cccc4ccccc34)cc2)C1=O. The van der Waals surface area contributed by atoms with Crippen molar-refractivity contribution in [3.8, 4) is 17.2 Å². The molecule has 4 aromatic carbocycles. The number of amides is 2. The van der Waals surface area contributed by atoms with Crippen molar-refractivity contribution in [2.45, 2.75) is 6.61 Å². The molecule has 7 heteroatoms. The minimum absolute atomic E-state index is 0.154. The quantitative estimate of drug-likeness (QED) is 0.238. The van der Waals surface area contributed by atoms with Gasteiger partial charge in [-0.25, -0.2) is 0 Å². The van der Waals surface area contributed by atoms with Crippen molar-refractivity contribution in [2.75, 3.05) is 20.3 Å². The first kappa shape index (κ1) is 24.5. The Morgan fingerprint density at radius 3 is 2.35 bits per heavy atom. The Balaban J connectivity index is 1.18. The van der Waals surface area contributed by atoms with Crippen LogP contribution in [0.1, 0.15) is 11.1 Å². The second-order valence-electron chi connectivity index (χ2n) is 8.33. The number of benzene rings is 4. The summed E-state index contributed by atoms with van der Waals surface area (Å²) in [6, 6.07) is 29.1. The van der Waals surface area contributed by atoms with Gasteiger partial charge in [-0.05, 0) is 64.0 Å². The fourth-order valence-electron chi connectivity index (χ4n) is 4.07. The van der Waals surface area contributed by atoms with Gasteiger partial charge >= 0.3 is 0 Å². The molecular weight excluding hydrogens is 486 g/mol. The van der Waals surface area contributed by atoms with Crippen LogP contribution in [-0.4, -0.2) is 36.3 Å². The zero-order valence-electron chi connectivity index (χ0n) is 20.3. The summed E-state index contributed by atoms with van der Waals surface area (Å²) in [5.74, 6) is 1.57. The Morgan fingerprint density at radius 1 is 0.811 bits per heavy atom. The van der Waals surface area contributed by atoms with Crippen molar-refractivity contribution in [2.24, 2.45) is 0 Å². The van der Waals surface area contributed by atoms with Crippen LogP contribution in [0.4, 0.5) is 4.79 Å². The smallest absolute Gasteiger partial charge is 0.293 e. The van der Waals surface area contributed by atoms with Crippen LogP contribution < -0.4 is 14.2 Å². The van der Waals surface area contributed by atoms with Crippen LogP contribution in [0.2, 0.25) is 0 Å². The third-order valence-corrected chi connectivity index (χ3v) is 6.87. The number of rotatable bonds is 9. The van der Waals surface area contributed by atoms with Crippen molar-refractivity contribution in [3.63, 3.8) is 0 Å². The molecule has 2 amide bonds. The lowest BCUT2D eigenvalue weighted by Crippen LogP contribution is -2.32. The standard InChI is InChI=1S/C30H25NO5S/c1-34-26-11-4-5-12-27(26)35-18-17-31-29(32)28(37-30(31)33)19-21-13-15-24(16-14-21)36-20-23-9-6-8-22-7-2-3-10-25(22)23/h2-16,19H,17-18,20H2,1H3/b28-19-. The lowest BCUT2D eigenvalue weighted by atomic mass is 10.1. The van der Waals surface area contributed by atoms with E-state index in [1.165, 1.54) is 15.7 Å². The summed E-state index contributed by atoms with van der Waals surface area (Å²) in [6.07, 6.45) is 1.72. The van der Waals surface area contributed by atoms with Gasteiger partial charge < -0.3 is 14.2 Å². The molecule has 1 aliphatic rings. The Morgan fingerprint density at radius 2 is 1.54 bits per heavy atom. The maximum Gasteiger partial charge on any atom is 0.293 e. The molecule has 1 saturated heterocycles. The van der Waals surface area contributed by atoms with Crippen molar-refractivity contribution < 1.29 is 23.8 Å². The first-order valence-electron chi connectivity index (χ1n) is 11.8. The predicted octanol–water partition coefficient (Wildman–Crippen LogP) is 6.54. The maximum absolute atomic E-state index is 12.8. The van der Waals surface area contributed by atoms with Crippen molar-refractivity contribution in [3.05, 3.63) is 107 Å². The topological polar surface area (TPSA) is 65.1 Å². The van der Waals surface area contributed by atoms with Gasteiger partial charge in [0, 0.05) is 0 Å². The van der Waals surface area contributed by atoms with Crippen molar-refractivity contribution in [1.82, 2.24) is 4.90 Å². The number of carbonyl (C=O) groups excluding carboxylic acids is 2. The highest BCUT2D eigenvalue weighted by molar-refractivity contribution is 8.18. The fourth-order valence-corrected chi connectivity index (χ4v) is 4.93. The molecule has 0 bridgehead atoms. The summed E-state index contributed by atoms with van der Waals surface area (Å²) in [5.41, 5.74) is 1.93. The number of ether oxygens (including phenoxy) is 3. The van der Waals surface area contributed by atoms with Gasteiger partial charge in [0.05, 0.1) is 18.6 Å². The second-order valence-corrected chi connectivity index (χ2v) is 9.32. The highest BCUT2D eigenvalue weighted by Gasteiger charge is 2.34. The Labute approximate surface area is 219 Å². The summed E-state index contributed by atoms with van der Waals surface area (Å²) in [6.45, 7) is 0.784. The molecule has 186 valence electrons. The maximum atomic E-state index is 12.8. The second kappa shape index (κ2) is 11.2. The highest BCUT2D eigenvalue weighted by atomic mass is 32.2. The molecule has 5 rings (SSSR count).